The molecule has 0 saturated heterocycles. The molecule has 0 rings (SSSR count). The summed E-state index contributed by atoms with van der Waals surface area (Å²) in [5.74, 6) is -1.06. The van der Waals surface area contributed by atoms with Crippen molar-refractivity contribution in [3.05, 3.63) is 0 Å². The van der Waals surface area contributed by atoms with Crippen molar-refractivity contribution in [3.8, 4) is 0 Å². The zero-order valence-corrected chi connectivity index (χ0v) is 19.2. The normalized spacial score (nSPS) is 15.7. The van der Waals surface area contributed by atoms with Gasteiger partial charge in [-0.1, -0.05) is 110 Å². The maximum absolute atomic E-state index is 11.7. The molecule has 0 bridgehead atoms. The molecule has 0 saturated carbocycles. The molecule has 5 N–H and O–H groups in total. The zero-order chi connectivity index (χ0) is 22.6. The molecular weight excluding hydrogens is 384 g/mol. The molecule has 6 nitrogen and oxygen atoms in total. The van der Waals surface area contributed by atoms with Crippen molar-refractivity contribution in [2.24, 2.45) is 0 Å². The van der Waals surface area contributed by atoms with Crippen molar-refractivity contribution < 1.29 is 30.3 Å². The Morgan fingerprint density at radius 1 is 0.567 bits per heavy atom. The number of ketones is 1. The van der Waals surface area contributed by atoms with Gasteiger partial charge in [-0.2, -0.15) is 0 Å². The minimum absolute atomic E-state index is 0.271. The van der Waals surface area contributed by atoms with Gasteiger partial charge in [0.05, 0.1) is 12.7 Å². The molecular formula is C24H48O6. The highest BCUT2D eigenvalue weighted by molar-refractivity contribution is 5.88. The third-order valence-corrected chi connectivity index (χ3v) is 5.85. The predicted molar refractivity (Wildman–Crippen MR) is 120 cm³/mol. The van der Waals surface area contributed by atoms with Crippen LogP contribution in [0.4, 0.5) is 0 Å². The lowest BCUT2D eigenvalue weighted by atomic mass is 9.97. The maximum Gasteiger partial charge on any atom is 0.195 e. The van der Waals surface area contributed by atoms with Crippen molar-refractivity contribution in [2.75, 3.05) is 6.61 Å². The van der Waals surface area contributed by atoms with Crippen LogP contribution in [0, 0.1) is 0 Å². The van der Waals surface area contributed by atoms with Gasteiger partial charge in [0.2, 0.25) is 0 Å². The van der Waals surface area contributed by atoms with Gasteiger partial charge < -0.3 is 25.5 Å². The second-order valence-corrected chi connectivity index (χ2v) is 8.70. The Bertz CT molecular complexity index is 390. The Morgan fingerprint density at radius 2 is 0.900 bits per heavy atom. The summed E-state index contributed by atoms with van der Waals surface area (Å²) in [6, 6.07) is 0. The lowest BCUT2D eigenvalue weighted by Crippen LogP contribution is -2.46. The monoisotopic (exact) mass is 432 g/mol. The highest BCUT2D eigenvalue weighted by Crippen LogP contribution is 2.15. The van der Waals surface area contributed by atoms with Crippen molar-refractivity contribution in [2.45, 2.75) is 140 Å². The van der Waals surface area contributed by atoms with Crippen molar-refractivity contribution >= 4 is 5.78 Å². The summed E-state index contributed by atoms with van der Waals surface area (Å²) in [6.45, 7) is 1.47. The Labute approximate surface area is 183 Å². The summed E-state index contributed by atoms with van der Waals surface area (Å²) in [4.78, 5) is 11.7. The molecule has 0 aliphatic heterocycles. The van der Waals surface area contributed by atoms with Crippen LogP contribution in [-0.2, 0) is 4.79 Å². The molecule has 0 aliphatic rings. The van der Waals surface area contributed by atoms with Gasteiger partial charge in [0.1, 0.15) is 18.3 Å². The SMILES string of the molecule is CCCCCCCCCCCCCCCCCCC(O)[C@H](O)C(=O)[C@H](O)[C@H](O)CO. The minimum Gasteiger partial charge on any atom is -0.394 e. The molecule has 0 aromatic heterocycles. The summed E-state index contributed by atoms with van der Waals surface area (Å²) in [7, 11) is 0. The molecule has 6 heteroatoms. The van der Waals surface area contributed by atoms with Crippen LogP contribution in [0.5, 0.6) is 0 Å². The summed E-state index contributed by atoms with van der Waals surface area (Å²) >= 11 is 0. The average Bonchev–Trinajstić information content (AvgIpc) is 2.76. The number of Topliss-reactive ketones (excluding diaryl/α,β-unsaturated/α-hetero) is 1. The van der Waals surface area contributed by atoms with Crippen LogP contribution >= 0.6 is 0 Å². The molecule has 0 spiro atoms. The first kappa shape index (κ1) is 29.5. The predicted octanol–water partition coefficient (Wildman–Crippen LogP) is 3.64. The summed E-state index contributed by atoms with van der Waals surface area (Å²) in [5.41, 5.74) is 0. The summed E-state index contributed by atoms with van der Waals surface area (Å²) in [5, 5.41) is 47.1. The quantitative estimate of drug-likeness (QED) is 0.167. The first-order chi connectivity index (χ1) is 14.5. The van der Waals surface area contributed by atoms with Gasteiger partial charge in [-0.3, -0.25) is 4.79 Å². The van der Waals surface area contributed by atoms with Crippen LogP contribution in [-0.4, -0.2) is 62.3 Å². The van der Waals surface area contributed by atoms with E-state index in [2.05, 4.69) is 6.92 Å². The topological polar surface area (TPSA) is 118 Å². The van der Waals surface area contributed by atoms with Gasteiger partial charge in [-0.05, 0) is 6.42 Å². The van der Waals surface area contributed by atoms with Gasteiger partial charge >= 0.3 is 0 Å². The molecule has 30 heavy (non-hydrogen) atoms. The zero-order valence-electron chi connectivity index (χ0n) is 19.2. The van der Waals surface area contributed by atoms with Gasteiger partial charge in [0.25, 0.3) is 0 Å². The highest BCUT2D eigenvalue weighted by Gasteiger charge is 2.32. The van der Waals surface area contributed by atoms with E-state index in [0.717, 1.165) is 19.3 Å². The summed E-state index contributed by atoms with van der Waals surface area (Å²) < 4.78 is 0. The van der Waals surface area contributed by atoms with Crippen LogP contribution in [0.3, 0.4) is 0 Å². The largest absolute Gasteiger partial charge is 0.394 e. The van der Waals surface area contributed by atoms with Gasteiger partial charge in [-0.25, -0.2) is 0 Å². The Hall–Kier alpha value is -0.530. The fourth-order valence-electron chi connectivity index (χ4n) is 3.71. The number of hydrogen-bond acceptors (Lipinski definition) is 6. The molecule has 0 aliphatic carbocycles. The first-order valence-electron chi connectivity index (χ1n) is 12.3. The molecule has 0 heterocycles. The number of carbonyl (C=O) groups excluding carboxylic acids is 1. The lowest BCUT2D eigenvalue weighted by Gasteiger charge is -2.21. The first-order valence-corrected chi connectivity index (χ1v) is 12.3. The van der Waals surface area contributed by atoms with Crippen LogP contribution in [0.2, 0.25) is 0 Å². The van der Waals surface area contributed by atoms with Crippen molar-refractivity contribution in [1.82, 2.24) is 0 Å². The molecule has 180 valence electrons. The van der Waals surface area contributed by atoms with Crippen LogP contribution in [0.1, 0.15) is 116 Å². The molecule has 1 unspecified atom stereocenters. The second kappa shape index (κ2) is 20.4. The Morgan fingerprint density at radius 3 is 1.27 bits per heavy atom. The van der Waals surface area contributed by atoms with E-state index in [1.807, 2.05) is 0 Å². The lowest BCUT2D eigenvalue weighted by molar-refractivity contribution is -0.149. The third kappa shape index (κ3) is 15.3. The van der Waals surface area contributed by atoms with Crippen molar-refractivity contribution in [1.29, 1.82) is 0 Å². The fraction of sp³-hybridized carbons (Fsp3) is 0.958. The van der Waals surface area contributed by atoms with Crippen LogP contribution < -0.4 is 0 Å². The van der Waals surface area contributed by atoms with Crippen LogP contribution in [0.25, 0.3) is 0 Å². The van der Waals surface area contributed by atoms with E-state index in [1.165, 1.54) is 77.0 Å². The Kier molecular flexibility index (Phi) is 20.0. The van der Waals surface area contributed by atoms with E-state index >= 15 is 0 Å². The van der Waals surface area contributed by atoms with E-state index in [4.69, 9.17) is 5.11 Å². The third-order valence-electron chi connectivity index (χ3n) is 5.85. The smallest absolute Gasteiger partial charge is 0.195 e. The standard InChI is InChI=1S/C24H48O6/c1-2-3-4-5-6-7-8-9-10-11-12-13-14-15-16-17-18-20(26)22(28)24(30)23(29)21(27)19-25/h20-23,25-29H,2-19H2,1H3/t20?,21-,22+,23-/m1/s1. The number of rotatable bonds is 22. The number of carbonyl (C=O) groups is 1. The van der Waals surface area contributed by atoms with Gasteiger partial charge in [-0.15, -0.1) is 0 Å². The van der Waals surface area contributed by atoms with E-state index in [-0.39, 0.29) is 6.42 Å². The second-order valence-electron chi connectivity index (χ2n) is 8.70. The van der Waals surface area contributed by atoms with Crippen molar-refractivity contribution in [3.63, 3.8) is 0 Å². The van der Waals surface area contributed by atoms with Gasteiger partial charge in [0, 0.05) is 0 Å². The molecule has 0 fully saturated rings. The minimum atomic E-state index is -1.88. The van der Waals surface area contributed by atoms with E-state index < -0.39 is 36.8 Å². The number of aliphatic hydroxyl groups excluding tert-OH is 5. The van der Waals surface area contributed by atoms with Crippen LogP contribution in [0.15, 0.2) is 0 Å². The summed E-state index contributed by atoms with van der Waals surface area (Å²) in [6.07, 6.45) is 13.8. The molecule has 4 atom stereocenters. The number of aliphatic hydroxyl groups is 5. The molecule has 0 amide bonds. The average molecular weight is 433 g/mol. The molecule has 0 aromatic rings. The van der Waals surface area contributed by atoms with E-state index in [9.17, 15) is 25.2 Å². The Balaban J connectivity index is 3.47. The number of hydrogen-bond donors (Lipinski definition) is 5. The fourth-order valence-corrected chi connectivity index (χ4v) is 3.71. The molecule has 0 aromatic carbocycles. The van der Waals surface area contributed by atoms with E-state index in [1.54, 1.807) is 0 Å². The number of unbranched alkanes of at least 4 members (excludes halogenated alkanes) is 15. The maximum atomic E-state index is 11.7. The van der Waals surface area contributed by atoms with Gasteiger partial charge in [0.15, 0.2) is 5.78 Å². The van der Waals surface area contributed by atoms with E-state index in [0.29, 0.717) is 6.42 Å². The highest BCUT2D eigenvalue weighted by atomic mass is 16.4. The molecule has 0 radical (unpaired) electrons.